The molecule has 0 aliphatic rings. The maximum atomic E-state index is 13.7. The van der Waals surface area contributed by atoms with Crippen LogP contribution in [0.2, 0.25) is 0 Å². The smallest absolute Gasteiger partial charge is 0.276 e. The highest BCUT2D eigenvalue weighted by molar-refractivity contribution is 6.65. The number of hydrogen-bond acceptors (Lipinski definition) is 2. The second-order valence-electron chi connectivity index (χ2n) is 2.91. The summed E-state index contributed by atoms with van der Waals surface area (Å²) in [6.45, 7) is 1.82. The molecule has 1 unspecified atom stereocenters. The zero-order valence-electron chi connectivity index (χ0n) is 7.42. The normalized spacial score (nSPS) is 14.1. The molecular formula is C10H7ClFNO. The van der Waals surface area contributed by atoms with Gasteiger partial charge in [-0.15, -0.1) is 0 Å². The van der Waals surface area contributed by atoms with Crippen LogP contribution in [0.1, 0.15) is 11.1 Å². The monoisotopic (exact) mass is 211 g/mol. The van der Waals surface area contributed by atoms with E-state index in [0.29, 0.717) is 0 Å². The number of carbonyl (C=O) groups is 1. The molecule has 72 valence electrons. The van der Waals surface area contributed by atoms with Gasteiger partial charge in [0.2, 0.25) is 0 Å². The molecule has 2 nitrogen and oxygen atoms in total. The molecule has 0 N–H and O–H groups in total. The Hall–Kier alpha value is -1.40. The Bertz CT molecular complexity index is 396. The summed E-state index contributed by atoms with van der Waals surface area (Å²) in [5.41, 5.74) is -1.86. The minimum Gasteiger partial charge on any atom is -0.276 e. The minimum absolute atomic E-state index is 0.0365. The van der Waals surface area contributed by atoms with Gasteiger partial charge in [0.05, 0.1) is 0 Å². The second-order valence-corrected chi connectivity index (χ2v) is 3.25. The predicted molar refractivity (Wildman–Crippen MR) is 50.4 cm³/mol. The third-order valence-electron chi connectivity index (χ3n) is 1.87. The van der Waals surface area contributed by atoms with Crippen LogP contribution in [-0.4, -0.2) is 5.24 Å². The molecule has 0 fully saturated rings. The number of aryl methyl sites for hydroxylation is 1. The summed E-state index contributed by atoms with van der Waals surface area (Å²) in [4.78, 5) is 10.8. The summed E-state index contributed by atoms with van der Waals surface area (Å²) >= 11 is 5.02. The Morgan fingerprint density at radius 3 is 2.36 bits per heavy atom. The summed E-state index contributed by atoms with van der Waals surface area (Å²) in [6.07, 6.45) is 0. The van der Waals surface area contributed by atoms with Crippen molar-refractivity contribution < 1.29 is 9.18 Å². The number of halogens is 2. The first-order valence-corrected chi connectivity index (χ1v) is 4.26. The molecule has 0 amide bonds. The van der Waals surface area contributed by atoms with Crippen molar-refractivity contribution in [2.45, 2.75) is 12.6 Å². The molecule has 0 aliphatic carbocycles. The maximum Gasteiger partial charge on any atom is 0.293 e. The van der Waals surface area contributed by atoms with Crippen LogP contribution < -0.4 is 0 Å². The zero-order valence-corrected chi connectivity index (χ0v) is 8.18. The lowest BCUT2D eigenvalue weighted by atomic mass is 9.98. The molecule has 1 atom stereocenters. The molecule has 0 spiro atoms. The molecule has 0 heterocycles. The summed E-state index contributed by atoms with van der Waals surface area (Å²) in [7, 11) is 0. The average Bonchev–Trinajstić information content (AvgIpc) is 2.17. The Kier molecular flexibility index (Phi) is 2.87. The summed E-state index contributed by atoms with van der Waals surface area (Å²) in [6, 6.07) is 7.24. The summed E-state index contributed by atoms with van der Waals surface area (Å²) < 4.78 is 13.7. The van der Waals surface area contributed by atoms with Crippen LogP contribution in [0.15, 0.2) is 24.3 Å². The lowest BCUT2D eigenvalue weighted by molar-refractivity contribution is -0.119. The Morgan fingerprint density at radius 2 is 2.00 bits per heavy atom. The maximum absolute atomic E-state index is 13.7. The number of hydrogen-bond donors (Lipinski definition) is 0. The van der Waals surface area contributed by atoms with Crippen LogP contribution in [0.4, 0.5) is 4.39 Å². The molecule has 0 aliphatic heterocycles. The van der Waals surface area contributed by atoms with Crippen molar-refractivity contribution in [1.82, 2.24) is 0 Å². The lowest BCUT2D eigenvalue weighted by Gasteiger charge is -2.12. The van der Waals surface area contributed by atoms with Gasteiger partial charge in [-0.05, 0) is 18.5 Å². The van der Waals surface area contributed by atoms with Crippen LogP contribution in [0.3, 0.4) is 0 Å². The van der Waals surface area contributed by atoms with Crippen LogP contribution in [0.5, 0.6) is 0 Å². The quantitative estimate of drug-likeness (QED) is 0.705. The highest BCUT2D eigenvalue weighted by atomic mass is 35.5. The first-order valence-electron chi connectivity index (χ1n) is 3.88. The van der Waals surface area contributed by atoms with Crippen LogP contribution in [-0.2, 0) is 10.5 Å². The number of nitriles is 1. The van der Waals surface area contributed by atoms with Crippen LogP contribution >= 0.6 is 11.6 Å². The van der Waals surface area contributed by atoms with E-state index in [1.54, 1.807) is 12.1 Å². The first kappa shape index (κ1) is 10.7. The van der Waals surface area contributed by atoms with Gasteiger partial charge in [0.1, 0.15) is 6.07 Å². The van der Waals surface area contributed by atoms with E-state index >= 15 is 0 Å². The van der Waals surface area contributed by atoms with Crippen molar-refractivity contribution in [2.24, 2.45) is 0 Å². The molecule has 1 rings (SSSR count). The third kappa shape index (κ3) is 1.75. The molecule has 1 aromatic rings. The van der Waals surface area contributed by atoms with E-state index in [1.807, 2.05) is 6.92 Å². The van der Waals surface area contributed by atoms with Crippen molar-refractivity contribution in [3.8, 4) is 6.07 Å². The largest absolute Gasteiger partial charge is 0.293 e. The Balaban J connectivity index is 3.22. The first-order chi connectivity index (χ1) is 6.50. The van der Waals surface area contributed by atoms with Crippen molar-refractivity contribution in [2.75, 3.05) is 0 Å². The van der Waals surface area contributed by atoms with Crippen molar-refractivity contribution in [3.05, 3.63) is 35.4 Å². The lowest BCUT2D eigenvalue weighted by Crippen LogP contribution is -2.25. The van der Waals surface area contributed by atoms with Crippen molar-refractivity contribution >= 4 is 16.8 Å². The highest BCUT2D eigenvalue weighted by Crippen LogP contribution is 2.28. The summed E-state index contributed by atoms with van der Waals surface area (Å²) in [5.74, 6) is 0. The SMILES string of the molecule is Cc1ccc(C(F)(C#N)C(=O)Cl)cc1. The van der Waals surface area contributed by atoms with Gasteiger partial charge in [0.15, 0.2) is 0 Å². The van der Waals surface area contributed by atoms with E-state index in [-0.39, 0.29) is 5.56 Å². The summed E-state index contributed by atoms with van der Waals surface area (Å²) in [5, 5.41) is 7.23. The zero-order chi connectivity index (χ0) is 10.8. The minimum atomic E-state index is -2.74. The van der Waals surface area contributed by atoms with Gasteiger partial charge < -0.3 is 0 Å². The number of benzene rings is 1. The van der Waals surface area contributed by atoms with E-state index in [0.717, 1.165) is 5.56 Å². The van der Waals surface area contributed by atoms with Crippen LogP contribution in [0, 0.1) is 18.3 Å². The Morgan fingerprint density at radius 1 is 1.50 bits per heavy atom. The topological polar surface area (TPSA) is 40.9 Å². The van der Waals surface area contributed by atoms with Crippen molar-refractivity contribution in [3.63, 3.8) is 0 Å². The predicted octanol–water partition coefficient (Wildman–Crippen LogP) is 2.45. The van der Waals surface area contributed by atoms with Gasteiger partial charge in [-0.1, -0.05) is 29.8 Å². The van der Waals surface area contributed by atoms with E-state index in [1.165, 1.54) is 18.2 Å². The van der Waals surface area contributed by atoms with Gasteiger partial charge in [-0.25, -0.2) is 4.39 Å². The fourth-order valence-corrected chi connectivity index (χ4v) is 1.16. The second kappa shape index (κ2) is 3.77. The molecule has 14 heavy (non-hydrogen) atoms. The van der Waals surface area contributed by atoms with Gasteiger partial charge in [-0.2, -0.15) is 5.26 Å². The molecule has 4 heteroatoms. The molecule has 0 bridgehead atoms. The van der Waals surface area contributed by atoms with E-state index in [4.69, 9.17) is 16.9 Å². The fourth-order valence-electron chi connectivity index (χ4n) is 1.01. The average molecular weight is 212 g/mol. The van der Waals surface area contributed by atoms with Gasteiger partial charge in [0, 0.05) is 5.56 Å². The van der Waals surface area contributed by atoms with E-state index < -0.39 is 10.9 Å². The Labute approximate surface area is 85.9 Å². The fraction of sp³-hybridized carbons (Fsp3) is 0.200. The number of rotatable bonds is 2. The van der Waals surface area contributed by atoms with E-state index in [2.05, 4.69) is 0 Å². The highest BCUT2D eigenvalue weighted by Gasteiger charge is 2.39. The van der Waals surface area contributed by atoms with Crippen molar-refractivity contribution in [1.29, 1.82) is 5.26 Å². The molecular weight excluding hydrogens is 205 g/mol. The number of alkyl halides is 1. The van der Waals surface area contributed by atoms with E-state index in [9.17, 15) is 9.18 Å². The molecule has 0 radical (unpaired) electrons. The molecule has 0 saturated heterocycles. The molecule has 1 aromatic carbocycles. The third-order valence-corrected chi connectivity index (χ3v) is 2.13. The standard InChI is InChI=1S/C10H7ClFNO/c1-7-2-4-8(5-3-7)10(12,6-13)9(11)14/h2-5H,1H3. The molecule has 0 saturated carbocycles. The van der Waals surface area contributed by atoms with Gasteiger partial charge in [-0.3, -0.25) is 4.79 Å². The number of nitrogens with zero attached hydrogens (tertiary/aromatic N) is 1. The van der Waals surface area contributed by atoms with Gasteiger partial charge >= 0.3 is 0 Å². The number of carbonyl (C=O) groups excluding carboxylic acids is 1. The van der Waals surface area contributed by atoms with Crippen LogP contribution in [0.25, 0.3) is 0 Å². The molecule has 0 aromatic heterocycles. The van der Waals surface area contributed by atoms with Gasteiger partial charge in [0.25, 0.3) is 10.9 Å².